The molecule has 122 valence electrons. The molecule has 3 rings (SSSR count). The molecule has 0 N–H and O–H groups in total. The number of nitrogens with zero attached hydrogens (tertiary/aromatic N) is 2. The molecule has 0 radical (unpaired) electrons. The lowest BCUT2D eigenvalue weighted by molar-refractivity contribution is 0.0993. The number of carbonyl (C=O) groups excluding carboxylic acids is 1. The normalized spacial score (nSPS) is 12.3. The number of para-hydroxylation sites is 1. The van der Waals surface area contributed by atoms with E-state index >= 15 is 0 Å². The third-order valence-corrected chi connectivity index (χ3v) is 4.64. The molecule has 0 aliphatic rings. The van der Waals surface area contributed by atoms with Gasteiger partial charge in [0.25, 0.3) is 0 Å². The number of fused-ring (bicyclic) bond motifs is 1. The van der Waals surface area contributed by atoms with E-state index in [2.05, 4.69) is 9.97 Å². The van der Waals surface area contributed by atoms with Crippen molar-refractivity contribution in [3.63, 3.8) is 0 Å². The highest BCUT2D eigenvalue weighted by Gasteiger charge is 2.20. The molecular weight excluding hydrogens is 330 g/mol. The summed E-state index contributed by atoms with van der Waals surface area (Å²) < 4.78 is 26.4. The van der Waals surface area contributed by atoms with Crippen molar-refractivity contribution in [2.45, 2.75) is 24.1 Å². The summed E-state index contributed by atoms with van der Waals surface area (Å²) in [5.74, 6) is -1.66. The van der Waals surface area contributed by atoms with Crippen molar-refractivity contribution in [1.82, 2.24) is 9.97 Å². The largest absolute Gasteiger partial charge is 0.293 e. The Morgan fingerprint density at radius 3 is 2.58 bits per heavy atom. The Labute approximate surface area is 142 Å². The predicted octanol–water partition coefficient (Wildman–Crippen LogP) is 4.58. The minimum Gasteiger partial charge on any atom is -0.293 e. The third kappa shape index (κ3) is 3.28. The number of thioether (sulfide) groups is 1. The number of ketones is 1. The van der Waals surface area contributed by atoms with Gasteiger partial charge in [-0.3, -0.25) is 4.79 Å². The highest BCUT2D eigenvalue weighted by Crippen LogP contribution is 2.30. The third-order valence-electron chi connectivity index (χ3n) is 3.54. The number of aromatic nitrogens is 2. The molecule has 24 heavy (non-hydrogen) atoms. The molecule has 3 aromatic rings. The van der Waals surface area contributed by atoms with E-state index in [0.29, 0.717) is 10.9 Å². The molecule has 1 aromatic heterocycles. The SMILES string of the molecule is Cc1nc(S[C@H](C)C(=O)c2ccc(F)c(F)c2)c2ccccc2n1. The van der Waals surface area contributed by atoms with Gasteiger partial charge in [0.1, 0.15) is 10.9 Å². The standard InChI is InChI=1S/C18H14F2N2OS/c1-10(17(23)12-7-8-14(19)15(20)9-12)24-18-13-5-3-4-6-16(13)21-11(2)22-18/h3-10H,1-2H3/t10-/m1/s1. The molecule has 3 nitrogen and oxygen atoms in total. The number of halogens is 2. The fourth-order valence-corrected chi connectivity index (χ4v) is 3.42. The van der Waals surface area contributed by atoms with Gasteiger partial charge >= 0.3 is 0 Å². The maximum absolute atomic E-state index is 13.3. The molecule has 0 fully saturated rings. The zero-order valence-electron chi connectivity index (χ0n) is 13.1. The summed E-state index contributed by atoms with van der Waals surface area (Å²) in [6.07, 6.45) is 0. The van der Waals surface area contributed by atoms with Gasteiger partial charge in [-0.1, -0.05) is 30.0 Å². The van der Waals surface area contributed by atoms with Crippen LogP contribution in [0.15, 0.2) is 47.5 Å². The van der Waals surface area contributed by atoms with Crippen molar-refractivity contribution in [2.75, 3.05) is 0 Å². The molecule has 0 saturated carbocycles. The zero-order valence-corrected chi connectivity index (χ0v) is 13.9. The number of Topliss-reactive ketones (excluding diaryl/α,β-unsaturated/α-hetero) is 1. The predicted molar refractivity (Wildman–Crippen MR) is 90.3 cm³/mol. The lowest BCUT2D eigenvalue weighted by Crippen LogP contribution is -2.14. The van der Waals surface area contributed by atoms with Gasteiger partial charge < -0.3 is 0 Å². The van der Waals surface area contributed by atoms with E-state index in [1.165, 1.54) is 17.8 Å². The van der Waals surface area contributed by atoms with E-state index in [1.807, 2.05) is 24.3 Å². The number of carbonyl (C=O) groups is 1. The molecule has 0 aliphatic carbocycles. The van der Waals surface area contributed by atoms with Crippen molar-refractivity contribution in [1.29, 1.82) is 0 Å². The second-order valence-electron chi connectivity index (χ2n) is 5.35. The average Bonchev–Trinajstić information content (AvgIpc) is 2.56. The molecule has 1 atom stereocenters. The van der Waals surface area contributed by atoms with Crippen LogP contribution in [-0.4, -0.2) is 21.0 Å². The first-order valence-corrected chi connectivity index (χ1v) is 8.23. The van der Waals surface area contributed by atoms with Gasteiger partial charge in [-0.05, 0) is 38.1 Å². The number of hydrogen-bond donors (Lipinski definition) is 0. The quantitative estimate of drug-likeness (QED) is 0.395. The first-order valence-electron chi connectivity index (χ1n) is 7.35. The highest BCUT2D eigenvalue weighted by molar-refractivity contribution is 8.00. The van der Waals surface area contributed by atoms with E-state index in [9.17, 15) is 13.6 Å². The molecule has 0 saturated heterocycles. The second-order valence-corrected chi connectivity index (χ2v) is 6.68. The second kappa shape index (κ2) is 6.65. The van der Waals surface area contributed by atoms with Crippen molar-refractivity contribution in [3.8, 4) is 0 Å². The van der Waals surface area contributed by atoms with Crippen molar-refractivity contribution in [2.24, 2.45) is 0 Å². The van der Waals surface area contributed by atoms with Gasteiger partial charge in [-0.2, -0.15) is 0 Å². The first kappa shape index (κ1) is 16.5. The summed E-state index contributed by atoms with van der Waals surface area (Å²) in [6, 6.07) is 10.7. The topological polar surface area (TPSA) is 42.9 Å². The Bertz CT molecular complexity index is 930. The molecule has 0 amide bonds. The Balaban J connectivity index is 1.90. The highest BCUT2D eigenvalue weighted by atomic mass is 32.2. The van der Waals surface area contributed by atoms with Crippen molar-refractivity contribution < 1.29 is 13.6 Å². The average molecular weight is 344 g/mol. The van der Waals surface area contributed by atoms with E-state index < -0.39 is 16.9 Å². The molecule has 0 bridgehead atoms. The molecule has 1 heterocycles. The fourth-order valence-electron chi connectivity index (χ4n) is 2.35. The van der Waals surface area contributed by atoms with Crippen LogP contribution in [0.4, 0.5) is 8.78 Å². The first-order chi connectivity index (χ1) is 11.5. The summed E-state index contributed by atoms with van der Waals surface area (Å²) in [5, 5.41) is 1.06. The molecular formula is C18H14F2N2OS. The number of aryl methyl sites for hydroxylation is 1. The van der Waals surface area contributed by atoms with Gasteiger partial charge in [0.15, 0.2) is 17.4 Å². The molecule has 0 spiro atoms. The molecule has 6 heteroatoms. The summed E-state index contributed by atoms with van der Waals surface area (Å²) in [5.41, 5.74) is 0.948. The Morgan fingerprint density at radius 2 is 1.83 bits per heavy atom. The Morgan fingerprint density at radius 1 is 1.08 bits per heavy atom. The summed E-state index contributed by atoms with van der Waals surface area (Å²) >= 11 is 1.28. The van der Waals surface area contributed by atoms with Crippen LogP contribution in [0.2, 0.25) is 0 Å². The van der Waals surface area contributed by atoms with Crippen molar-refractivity contribution >= 4 is 28.4 Å². The van der Waals surface area contributed by atoms with Crippen LogP contribution in [0.5, 0.6) is 0 Å². The van der Waals surface area contributed by atoms with Crippen LogP contribution >= 0.6 is 11.8 Å². The fraction of sp³-hybridized carbons (Fsp3) is 0.167. The summed E-state index contributed by atoms with van der Waals surface area (Å²) in [7, 11) is 0. The minimum atomic E-state index is -1.03. The van der Waals surface area contributed by atoms with Gasteiger partial charge in [0.2, 0.25) is 0 Å². The van der Waals surface area contributed by atoms with Crippen LogP contribution in [0.1, 0.15) is 23.1 Å². The van der Waals surface area contributed by atoms with Gasteiger partial charge in [0, 0.05) is 10.9 Å². The smallest absolute Gasteiger partial charge is 0.176 e. The summed E-state index contributed by atoms with van der Waals surface area (Å²) in [4.78, 5) is 21.3. The van der Waals surface area contributed by atoms with Gasteiger partial charge in [-0.25, -0.2) is 18.7 Å². The zero-order chi connectivity index (χ0) is 17.3. The Kier molecular flexibility index (Phi) is 4.57. The van der Waals surface area contributed by atoms with E-state index in [1.54, 1.807) is 13.8 Å². The van der Waals surface area contributed by atoms with Gasteiger partial charge in [0.05, 0.1) is 10.8 Å². The van der Waals surface area contributed by atoms with Crippen LogP contribution < -0.4 is 0 Å². The van der Waals surface area contributed by atoms with Crippen LogP contribution in [0, 0.1) is 18.6 Å². The lowest BCUT2D eigenvalue weighted by Gasteiger charge is -2.12. The van der Waals surface area contributed by atoms with Crippen LogP contribution in [0.3, 0.4) is 0 Å². The van der Waals surface area contributed by atoms with E-state index in [4.69, 9.17) is 0 Å². The Hall–Kier alpha value is -2.34. The summed E-state index contributed by atoms with van der Waals surface area (Å²) in [6.45, 7) is 3.51. The van der Waals surface area contributed by atoms with Crippen molar-refractivity contribution in [3.05, 3.63) is 65.5 Å². The van der Waals surface area contributed by atoms with Crippen LogP contribution in [0.25, 0.3) is 10.9 Å². The number of rotatable bonds is 4. The van der Waals surface area contributed by atoms with Gasteiger partial charge in [-0.15, -0.1) is 0 Å². The maximum Gasteiger partial charge on any atom is 0.176 e. The molecule has 0 aliphatic heterocycles. The molecule has 2 aromatic carbocycles. The van der Waals surface area contributed by atoms with E-state index in [-0.39, 0.29) is 11.3 Å². The molecule has 0 unspecified atom stereocenters. The maximum atomic E-state index is 13.3. The van der Waals surface area contributed by atoms with Crippen LogP contribution in [-0.2, 0) is 0 Å². The monoisotopic (exact) mass is 344 g/mol. The van der Waals surface area contributed by atoms with E-state index in [0.717, 1.165) is 23.0 Å². The number of benzene rings is 2. The minimum absolute atomic E-state index is 0.143. The lowest BCUT2D eigenvalue weighted by atomic mass is 10.1. The number of hydrogen-bond acceptors (Lipinski definition) is 4.